The van der Waals surface area contributed by atoms with Crippen LogP contribution in [-0.4, -0.2) is 49.0 Å². The molecule has 6 rings (SSSR count). The van der Waals surface area contributed by atoms with E-state index in [0.29, 0.717) is 32.2 Å². The summed E-state index contributed by atoms with van der Waals surface area (Å²) in [6, 6.07) is 9.14. The highest BCUT2D eigenvalue weighted by molar-refractivity contribution is 7.99. The van der Waals surface area contributed by atoms with Gasteiger partial charge in [-0.05, 0) is 67.2 Å². The Kier molecular flexibility index (Phi) is 7.09. The van der Waals surface area contributed by atoms with Crippen molar-refractivity contribution < 1.29 is 9.18 Å². The van der Waals surface area contributed by atoms with Crippen LogP contribution in [-0.2, 0) is 17.9 Å². The molecule has 4 heterocycles. The largest absolute Gasteiger partial charge is 0.352 e. The van der Waals surface area contributed by atoms with Gasteiger partial charge in [0.1, 0.15) is 11.5 Å². The van der Waals surface area contributed by atoms with Crippen molar-refractivity contribution in [3.8, 4) is 0 Å². The Hall–Kier alpha value is -2.98. The van der Waals surface area contributed by atoms with Crippen LogP contribution in [0.3, 0.4) is 0 Å². The minimum atomic E-state index is -0.585. The average molecular weight is 538 g/mol. The molecule has 1 N–H and O–H groups in total. The molecule has 1 aliphatic carbocycles. The van der Waals surface area contributed by atoms with Gasteiger partial charge in [-0.15, -0.1) is 0 Å². The van der Waals surface area contributed by atoms with Crippen LogP contribution in [0.1, 0.15) is 61.7 Å². The molecule has 1 saturated heterocycles. The lowest BCUT2D eigenvalue weighted by Crippen LogP contribution is -2.47. The van der Waals surface area contributed by atoms with Gasteiger partial charge in [-0.1, -0.05) is 24.3 Å². The van der Waals surface area contributed by atoms with Gasteiger partial charge in [-0.2, -0.15) is 11.8 Å². The number of thioether (sulfide) groups is 1. The van der Waals surface area contributed by atoms with Crippen molar-refractivity contribution in [2.45, 2.75) is 69.7 Å². The van der Waals surface area contributed by atoms with E-state index in [1.807, 2.05) is 23.9 Å². The monoisotopic (exact) mass is 537 g/mol. The van der Waals surface area contributed by atoms with E-state index in [0.717, 1.165) is 43.6 Å². The zero-order chi connectivity index (χ0) is 26.2. The molecule has 1 saturated carbocycles. The molecular formula is C28H32FN5O3S. The van der Waals surface area contributed by atoms with Gasteiger partial charge in [0.2, 0.25) is 5.91 Å². The van der Waals surface area contributed by atoms with E-state index < -0.39 is 11.4 Å². The van der Waals surface area contributed by atoms with Gasteiger partial charge in [-0.25, -0.2) is 14.2 Å². The summed E-state index contributed by atoms with van der Waals surface area (Å²) in [5, 5.41) is 3.32. The molecule has 2 aromatic heterocycles. The zero-order valence-corrected chi connectivity index (χ0v) is 22.1. The number of hydrogen-bond acceptors (Lipinski definition) is 6. The van der Waals surface area contributed by atoms with Gasteiger partial charge in [0.15, 0.2) is 0 Å². The molecule has 0 bridgehead atoms. The maximum atomic E-state index is 14.1. The maximum Gasteiger partial charge on any atom is 0.333 e. The molecule has 2 fully saturated rings. The molecule has 200 valence electrons. The summed E-state index contributed by atoms with van der Waals surface area (Å²) >= 11 is 1.85. The maximum absolute atomic E-state index is 14.1. The Morgan fingerprint density at radius 2 is 1.63 bits per heavy atom. The van der Waals surface area contributed by atoms with Crippen LogP contribution in [0.4, 0.5) is 4.39 Å². The summed E-state index contributed by atoms with van der Waals surface area (Å²) in [5.74, 6) is 1.29. The molecule has 1 amide bonds. The van der Waals surface area contributed by atoms with Crippen molar-refractivity contribution in [1.82, 2.24) is 24.3 Å². The van der Waals surface area contributed by atoms with Gasteiger partial charge < -0.3 is 5.32 Å². The zero-order valence-electron chi connectivity index (χ0n) is 21.3. The number of carbonyl (C=O) groups is 1. The summed E-state index contributed by atoms with van der Waals surface area (Å²) in [6.45, 7) is 1.91. The summed E-state index contributed by atoms with van der Waals surface area (Å²) in [7, 11) is 0. The molecule has 3 aromatic rings. The highest BCUT2D eigenvalue weighted by Crippen LogP contribution is 2.30. The highest BCUT2D eigenvalue weighted by atomic mass is 32.2. The fraction of sp³-hybridized carbons (Fsp3) is 0.500. The lowest BCUT2D eigenvalue weighted by Gasteiger charge is -2.32. The highest BCUT2D eigenvalue weighted by Gasteiger charge is 2.30. The lowest BCUT2D eigenvalue weighted by molar-refractivity contribution is -0.123. The van der Waals surface area contributed by atoms with E-state index in [2.05, 4.69) is 27.3 Å². The van der Waals surface area contributed by atoms with Gasteiger partial charge in [0.05, 0.1) is 18.1 Å². The first-order valence-electron chi connectivity index (χ1n) is 13.5. The van der Waals surface area contributed by atoms with E-state index in [1.165, 1.54) is 21.8 Å². The standard InChI is InChI=1S/C28H32FN5O3S/c29-20-13-24-26(30-14-20)33(23-9-11-38-12-10-23)28(37)34(27(24)36)22-7-5-21(6-8-22)31-25(35)17-32-15-18-3-1-2-4-19(18)16-32/h1-4,13-14,21-23H,5-12,15-17H2,(H,31,35). The van der Waals surface area contributed by atoms with Crippen LogP contribution in [0.2, 0.25) is 0 Å². The van der Waals surface area contributed by atoms with Crippen molar-refractivity contribution in [3.63, 3.8) is 0 Å². The Balaban J connectivity index is 1.16. The Bertz CT molecular complexity index is 1450. The first kappa shape index (κ1) is 25.3. The molecule has 1 aromatic carbocycles. The van der Waals surface area contributed by atoms with Crippen LogP contribution in [0.5, 0.6) is 0 Å². The number of nitrogens with one attached hydrogen (secondary N) is 1. The molecule has 0 unspecified atom stereocenters. The van der Waals surface area contributed by atoms with Crippen LogP contribution >= 0.6 is 11.8 Å². The van der Waals surface area contributed by atoms with E-state index in [9.17, 15) is 18.8 Å². The van der Waals surface area contributed by atoms with Crippen LogP contribution in [0, 0.1) is 5.82 Å². The number of pyridine rings is 1. The molecular weight excluding hydrogens is 505 g/mol. The normalized spacial score (nSPS) is 22.4. The Morgan fingerprint density at radius 3 is 2.32 bits per heavy atom. The molecule has 0 radical (unpaired) electrons. The summed E-state index contributed by atoms with van der Waals surface area (Å²) in [5.41, 5.74) is 2.00. The van der Waals surface area contributed by atoms with Crippen molar-refractivity contribution in [1.29, 1.82) is 0 Å². The van der Waals surface area contributed by atoms with Crippen molar-refractivity contribution in [2.24, 2.45) is 0 Å². The molecule has 10 heteroatoms. The second-order valence-corrected chi connectivity index (χ2v) is 11.9. The minimum absolute atomic E-state index is 0.00296. The van der Waals surface area contributed by atoms with Crippen molar-refractivity contribution in [3.05, 3.63) is 74.3 Å². The summed E-state index contributed by atoms with van der Waals surface area (Å²) in [6.07, 6.45) is 5.28. The lowest BCUT2D eigenvalue weighted by atomic mass is 9.91. The number of aromatic nitrogens is 3. The summed E-state index contributed by atoms with van der Waals surface area (Å²) < 4.78 is 17.1. The van der Waals surface area contributed by atoms with E-state index in [1.54, 1.807) is 4.57 Å². The topological polar surface area (TPSA) is 89.2 Å². The van der Waals surface area contributed by atoms with E-state index in [4.69, 9.17) is 0 Å². The quantitative estimate of drug-likeness (QED) is 0.537. The second-order valence-electron chi connectivity index (χ2n) is 10.7. The predicted octanol–water partition coefficient (Wildman–Crippen LogP) is 3.38. The van der Waals surface area contributed by atoms with Crippen LogP contribution in [0.25, 0.3) is 11.0 Å². The van der Waals surface area contributed by atoms with Crippen LogP contribution in [0.15, 0.2) is 46.1 Å². The first-order valence-corrected chi connectivity index (χ1v) is 14.6. The van der Waals surface area contributed by atoms with Gasteiger partial charge >= 0.3 is 5.69 Å². The molecule has 2 aliphatic heterocycles. The molecule has 0 spiro atoms. The van der Waals surface area contributed by atoms with Crippen molar-refractivity contribution in [2.75, 3.05) is 18.1 Å². The number of amides is 1. The van der Waals surface area contributed by atoms with E-state index in [-0.39, 0.29) is 40.8 Å². The number of benzene rings is 1. The van der Waals surface area contributed by atoms with Gasteiger partial charge in [-0.3, -0.25) is 23.6 Å². The number of nitrogens with zero attached hydrogens (tertiary/aromatic N) is 4. The van der Waals surface area contributed by atoms with Crippen molar-refractivity contribution >= 4 is 28.7 Å². The third-order valence-corrected chi connectivity index (χ3v) is 9.23. The fourth-order valence-corrected chi connectivity index (χ4v) is 7.35. The minimum Gasteiger partial charge on any atom is -0.352 e. The Labute approximate surface area is 224 Å². The molecule has 0 atom stereocenters. The number of rotatable bonds is 5. The van der Waals surface area contributed by atoms with Gasteiger partial charge in [0, 0.05) is 31.2 Å². The smallest absolute Gasteiger partial charge is 0.333 e. The molecule has 8 nitrogen and oxygen atoms in total. The third-order valence-electron chi connectivity index (χ3n) is 8.18. The van der Waals surface area contributed by atoms with Gasteiger partial charge in [0.25, 0.3) is 5.56 Å². The van der Waals surface area contributed by atoms with Crippen LogP contribution < -0.4 is 16.6 Å². The summed E-state index contributed by atoms with van der Waals surface area (Å²) in [4.78, 5) is 46.3. The molecule has 3 aliphatic rings. The average Bonchev–Trinajstić information content (AvgIpc) is 3.33. The third kappa shape index (κ3) is 4.91. The predicted molar refractivity (Wildman–Crippen MR) is 146 cm³/mol. The Morgan fingerprint density at radius 1 is 0.974 bits per heavy atom. The SMILES string of the molecule is O=C(CN1Cc2ccccc2C1)NC1CCC(n2c(=O)c3cc(F)cnc3n(C3CCSCC3)c2=O)CC1. The number of hydrogen-bond donors (Lipinski definition) is 1. The molecule has 38 heavy (non-hydrogen) atoms. The number of fused-ring (bicyclic) bond motifs is 2. The fourth-order valence-electron chi connectivity index (χ4n) is 6.27. The number of halogens is 1. The number of carbonyl (C=O) groups excluding carboxylic acids is 1. The second kappa shape index (κ2) is 10.6. The van der Waals surface area contributed by atoms with E-state index >= 15 is 0 Å². The first-order chi connectivity index (χ1) is 18.5.